The molecule has 1 aliphatic heterocycles. The Bertz CT molecular complexity index is 1640. The number of likely N-dealkylation sites (tertiary alicyclic amines) is 1. The van der Waals surface area contributed by atoms with E-state index in [9.17, 15) is 14.0 Å². The summed E-state index contributed by atoms with van der Waals surface area (Å²) in [5, 5.41) is 12.4. The number of hydrogen-bond acceptors (Lipinski definition) is 8. The molecule has 5 rings (SSSR count). The molecule has 0 unspecified atom stereocenters. The van der Waals surface area contributed by atoms with Crippen LogP contribution in [0.1, 0.15) is 66.8 Å². The molecule has 1 aromatic carbocycles. The number of pyridine rings is 1. The number of piperidine rings is 1. The zero-order valence-corrected chi connectivity index (χ0v) is 24.5. The Morgan fingerprint density at radius 3 is 2.45 bits per heavy atom. The minimum absolute atomic E-state index is 0.00660. The first-order chi connectivity index (χ1) is 20.0. The third-order valence-electron chi connectivity index (χ3n) is 7.62. The van der Waals surface area contributed by atoms with E-state index in [1.165, 1.54) is 17.8 Å². The first-order valence-electron chi connectivity index (χ1n) is 13.9. The lowest BCUT2D eigenvalue weighted by molar-refractivity contribution is 0.102. The lowest BCUT2D eigenvalue weighted by atomic mass is 9.91. The lowest BCUT2D eigenvalue weighted by Crippen LogP contribution is -2.29. The Labute approximate surface area is 243 Å². The van der Waals surface area contributed by atoms with E-state index in [0.717, 1.165) is 31.6 Å². The third-order valence-corrected chi connectivity index (χ3v) is 7.62. The summed E-state index contributed by atoms with van der Waals surface area (Å²) in [6.45, 7) is 9.79. The largest absolute Gasteiger partial charge is 0.336 e. The molecule has 11 heteroatoms. The Morgan fingerprint density at radius 2 is 1.81 bits per heavy atom. The molecule has 3 N–H and O–H groups in total. The zero-order chi connectivity index (χ0) is 30.0. The van der Waals surface area contributed by atoms with Crippen molar-refractivity contribution in [3.8, 4) is 11.3 Å². The number of nitrogens with one attached hydrogen (secondary N) is 3. The smallest absolute Gasteiger partial charge is 0.287 e. The zero-order valence-electron chi connectivity index (χ0n) is 24.5. The second-order valence-corrected chi connectivity index (χ2v) is 11.8. The molecule has 0 atom stereocenters. The highest BCUT2D eigenvalue weighted by atomic mass is 19.1. The number of H-pyrrole nitrogens is 1. The van der Waals surface area contributed by atoms with Crippen molar-refractivity contribution in [3.63, 3.8) is 0 Å². The molecule has 0 bridgehead atoms. The Balaban J connectivity index is 1.35. The number of carbonyl (C=O) groups is 1. The van der Waals surface area contributed by atoms with E-state index in [1.54, 1.807) is 25.3 Å². The number of benzene rings is 1. The van der Waals surface area contributed by atoms with Gasteiger partial charge in [0.25, 0.3) is 11.5 Å². The molecule has 1 amide bonds. The second-order valence-electron chi connectivity index (χ2n) is 11.8. The topological polar surface area (TPSA) is 129 Å². The molecular weight excluding hydrogens is 535 g/mol. The number of amides is 1. The first-order valence-corrected chi connectivity index (χ1v) is 13.9. The predicted molar refractivity (Wildman–Crippen MR) is 161 cm³/mol. The normalized spacial score (nSPS) is 14.5. The Hall–Kier alpha value is -4.51. The van der Waals surface area contributed by atoms with Gasteiger partial charge >= 0.3 is 0 Å². The highest BCUT2D eigenvalue weighted by Crippen LogP contribution is 2.31. The summed E-state index contributed by atoms with van der Waals surface area (Å²) in [5.74, 6) is -0.199. The summed E-state index contributed by atoms with van der Waals surface area (Å²) in [7, 11) is 2.13. The van der Waals surface area contributed by atoms with Gasteiger partial charge in [0.2, 0.25) is 0 Å². The van der Waals surface area contributed by atoms with Crippen LogP contribution in [0.2, 0.25) is 0 Å². The van der Waals surface area contributed by atoms with Gasteiger partial charge in [0, 0.05) is 23.4 Å². The van der Waals surface area contributed by atoms with Gasteiger partial charge in [-0.2, -0.15) is 5.10 Å². The minimum atomic E-state index is -0.611. The van der Waals surface area contributed by atoms with Gasteiger partial charge < -0.3 is 15.5 Å². The van der Waals surface area contributed by atoms with E-state index < -0.39 is 17.3 Å². The predicted octanol–water partition coefficient (Wildman–Crippen LogP) is 5.17. The Kier molecular flexibility index (Phi) is 8.13. The van der Waals surface area contributed by atoms with Crippen LogP contribution in [0.3, 0.4) is 0 Å². The molecule has 0 spiro atoms. The van der Waals surface area contributed by atoms with E-state index in [2.05, 4.69) is 47.7 Å². The van der Waals surface area contributed by atoms with Crippen LogP contribution in [0.25, 0.3) is 11.3 Å². The third kappa shape index (κ3) is 6.36. The maximum Gasteiger partial charge on any atom is 0.287 e. The van der Waals surface area contributed by atoms with Gasteiger partial charge in [-0.15, -0.1) is 0 Å². The molecule has 0 saturated carbocycles. The number of aromatic nitrogens is 5. The van der Waals surface area contributed by atoms with Gasteiger partial charge in [0.1, 0.15) is 23.0 Å². The van der Waals surface area contributed by atoms with Crippen LogP contribution in [-0.4, -0.2) is 56.1 Å². The number of aromatic amines is 1. The molecule has 1 saturated heterocycles. The monoisotopic (exact) mass is 570 g/mol. The maximum atomic E-state index is 14.9. The lowest BCUT2D eigenvalue weighted by Gasteiger charge is -2.29. The van der Waals surface area contributed by atoms with Crippen LogP contribution in [0, 0.1) is 12.7 Å². The fraction of sp³-hybridized carbons (Fsp3) is 0.355. The average molecular weight is 571 g/mol. The highest BCUT2D eigenvalue weighted by molar-refractivity contribution is 6.03. The van der Waals surface area contributed by atoms with E-state index in [-0.39, 0.29) is 22.5 Å². The van der Waals surface area contributed by atoms with Crippen molar-refractivity contribution in [2.75, 3.05) is 30.8 Å². The van der Waals surface area contributed by atoms with Crippen molar-refractivity contribution in [1.29, 1.82) is 0 Å². The highest BCUT2D eigenvalue weighted by Gasteiger charge is 2.21. The molecule has 1 aliphatic rings. The summed E-state index contributed by atoms with van der Waals surface area (Å²) in [5.41, 5.74) is 2.94. The van der Waals surface area contributed by atoms with Gasteiger partial charge in [0.05, 0.1) is 23.3 Å². The van der Waals surface area contributed by atoms with Gasteiger partial charge in [-0.25, -0.2) is 19.5 Å². The number of rotatable bonds is 6. The van der Waals surface area contributed by atoms with Crippen LogP contribution in [-0.2, 0) is 5.41 Å². The van der Waals surface area contributed by atoms with Crippen molar-refractivity contribution in [2.45, 2.75) is 51.9 Å². The van der Waals surface area contributed by atoms with Crippen LogP contribution in [0.5, 0.6) is 0 Å². The summed E-state index contributed by atoms with van der Waals surface area (Å²) in [4.78, 5) is 40.9. The van der Waals surface area contributed by atoms with Gasteiger partial charge in [-0.1, -0.05) is 26.8 Å². The number of hydrogen-bond donors (Lipinski definition) is 3. The SMILES string of the molecule is Cc1c(-c2cc(Nc3ccc(C4CCN(C)CC4)cn3)c(=O)[nH]n2)ccc(F)c1NC(=O)c1cnc(C(C)(C)C)cn1. The molecule has 0 radical (unpaired) electrons. The molecule has 4 heterocycles. The molecular formula is C31H35FN8O2. The second kappa shape index (κ2) is 11.8. The molecule has 0 aliphatic carbocycles. The summed E-state index contributed by atoms with van der Waals surface area (Å²) >= 11 is 0. The van der Waals surface area contributed by atoms with E-state index in [4.69, 9.17) is 0 Å². The van der Waals surface area contributed by atoms with Gasteiger partial charge in [0.15, 0.2) is 0 Å². The minimum Gasteiger partial charge on any atom is -0.336 e. The molecule has 1 fully saturated rings. The number of halogens is 1. The van der Waals surface area contributed by atoms with E-state index in [0.29, 0.717) is 28.6 Å². The van der Waals surface area contributed by atoms with Gasteiger partial charge in [-0.05, 0) is 81.2 Å². The summed E-state index contributed by atoms with van der Waals surface area (Å²) in [6, 6.07) is 8.28. The summed E-state index contributed by atoms with van der Waals surface area (Å²) in [6.07, 6.45) is 6.96. The standard InChI is InChI=1S/C31H35FN8O2/c1-18-21(7-8-22(32)28(18)37-29(41)25-16-34-26(17-33-25)31(2,3)4)23-14-24(30(42)39-38-23)36-27-9-6-20(15-35-27)19-10-12-40(5)13-11-19/h6-9,14-17,19H,10-13H2,1-5H3,(H,37,41)(H,39,42)(H,35,36,38). The Morgan fingerprint density at radius 1 is 1.05 bits per heavy atom. The van der Waals surface area contributed by atoms with Crippen LogP contribution >= 0.6 is 0 Å². The molecule has 42 heavy (non-hydrogen) atoms. The average Bonchev–Trinajstić information content (AvgIpc) is 2.97. The molecule has 3 aromatic heterocycles. The first kappa shape index (κ1) is 29.0. The quantitative estimate of drug-likeness (QED) is 0.290. The van der Waals surface area contributed by atoms with E-state index in [1.807, 2.05) is 39.1 Å². The van der Waals surface area contributed by atoms with Crippen molar-refractivity contribution in [3.05, 3.63) is 87.6 Å². The molecule has 4 aromatic rings. The van der Waals surface area contributed by atoms with Crippen LogP contribution in [0.15, 0.2) is 53.7 Å². The number of nitrogens with zero attached hydrogens (tertiary/aromatic N) is 5. The fourth-order valence-electron chi connectivity index (χ4n) is 4.96. The molecule has 218 valence electrons. The maximum absolute atomic E-state index is 14.9. The fourth-order valence-corrected chi connectivity index (χ4v) is 4.96. The van der Waals surface area contributed by atoms with E-state index >= 15 is 0 Å². The van der Waals surface area contributed by atoms with Crippen molar-refractivity contribution < 1.29 is 9.18 Å². The van der Waals surface area contributed by atoms with Crippen LogP contribution < -0.4 is 16.2 Å². The number of anilines is 3. The van der Waals surface area contributed by atoms with Crippen molar-refractivity contribution in [2.24, 2.45) is 0 Å². The number of carbonyl (C=O) groups excluding carboxylic acids is 1. The molecule has 10 nitrogen and oxygen atoms in total. The van der Waals surface area contributed by atoms with Crippen molar-refractivity contribution in [1.82, 2.24) is 30.0 Å². The van der Waals surface area contributed by atoms with Gasteiger partial charge in [-0.3, -0.25) is 14.6 Å². The summed E-state index contributed by atoms with van der Waals surface area (Å²) < 4.78 is 14.9. The van der Waals surface area contributed by atoms with Crippen LogP contribution in [0.4, 0.5) is 21.6 Å². The van der Waals surface area contributed by atoms with Crippen molar-refractivity contribution >= 4 is 23.1 Å².